The van der Waals surface area contributed by atoms with Crippen LogP contribution in [-0.2, 0) is 20.9 Å². The first-order valence-electron chi connectivity index (χ1n) is 12.0. The van der Waals surface area contributed by atoms with Crippen LogP contribution in [0.25, 0.3) is 11.1 Å². The summed E-state index contributed by atoms with van der Waals surface area (Å²) in [6.07, 6.45) is 7.96. The van der Waals surface area contributed by atoms with Gasteiger partial charge in [0.15, 0.2) is 6.29 Å². The number of anilines is 1. The topological polar surface area (TPSA) is 89.3 Å². The molecule has 2 unspecified atom stereocenters. The normalized spacial score (nSPS) is 19.7. The molecule has 0 aliphatic carbocycles. The lowest BCUT2D eigenvalue weighted by molar-refractivity contribution is -0.170. The van der Waals surface area contributed by atoms with Crippen molar-refractivity contribution in [3.63, 3.8) is 0 Å². The molecular formula is C25H33FN4O4. The Bertz CT molecular complexity index is 940. The molecule has 34 heavy (non-hydrogen) atoms. The molecule has 1 N–H and O–H groups in total. The van der Waals surface area contributed by atoms with E-state index in [1.807, 2.05) is 0 Å². The number of rotatable bonds is 9. The molecule has 2 atom stereocenters. The Balaban J connectivity index is 1.21. The van der Waals surface area contributed by atoms with Crippen molar-refractivity contribution >= 4 is 11.7 Å². The third-order valence-corrected chi connectivity index (χ3v) is 6.08. The SMILES string of the molecule is CC(CON=C1CCN(c2ncc(-c3cccc(CO)c3F)cn2)CC1)COC1CCCCO1. The quantitative estimate of drug-likeness (QED) is 0.553. The van der Waals surface area contributed by atoms with Crippen LogP contribution < -0.4 is 4.90 Å². The number of hydrogen-bond acceptors (Lipinski definition) is 8. The van der Waals surface area contributed by atoms with Crippen LogP contribution in [0, 0.1) is 11.7 Å². The Hall–Kier alpha value is -2.62. The maximum absolute atomic E-state index is 14.5. The van der Waals surface area contributed by atoms with Crippen LogP contribution in [0.3, 0.4) is 0 Å². The highest BCUT2D eigenvalue weighted by Gasteiger charge is 2.19. The van der Waals surface area contributed by atoms with Gasteiger partial charge in [-0.25, -0.2) is 14.4 Å². The Labute approximate surface area is 199 Å². The molecule has 0 saturated carbocycles. The molecule has 0 bridgehead atoms. The number of piperidine rings is 1. The van der Waals surface area contributed by atoms with Crippen LogP contribution >= 0.6 is 0 Å². The summed E-state index contributed by atoms with van der Waals surface area (Å²) in [6.45, 7) is 5.12. The average molecular weight is 473 g/mol. The molecule has 2 aliphatic heterocycles. The lowest BCUT2D eigenvalue weighted by Gasteiger charge is -2.27. The number of aliphatic hydroxyl groups excluding tert-OH is 1. The minimum absolute atomic E-state index is 0.0761. The van der Waals surface area contributed by atoms with E-state index in [4.69, 9.17) is 14.3 Å². The molecule has 2 saturated heterocycles. The summed E-state index contributed by atoms with van der Waals surface area (Å²) < 4.78 is 25.9. The number of nitrogens with zero attached hydrogens (tertiary/aromatic N) is 4. The fourth-order valence-electron chi connectivity index (χ4n) is 4.02. The van der Waals surface area contributed by atoms with Crippen molar-refractivity contribution < 1.29 is 23.8 Å². The highest BCUT2D eigenvalue weighted by molar-refractivity contribution is 5.86. The first kappa shape index (κ1) is 24.5. The van der Waals surface area contributed by atoms with Crippen molar-refractivity contribution in [2.24, 2.45) is 11.1 Å². The number of benzene rings is 1. The summed E-state index contributed by atoms with van der Waals surface area (Å²) in [5, 5.41) is 13.6. The van der Waals surface area contributed by atoms with E-state index in [0.717, 1.165) is 57.5 Å². The van der Waals surface area contributed by atoms with Gasteiger partial charge in [0.2, 0.25) is 5.95 Å². The lowest BCUT2D eigenvalue weighted by atomic mass is 10.1. The minimum atomic E-state index is -0.441. The number of ether oxygens (including phenoxy) is 2. The molecule has 2 aliphatic rings. The summed E-state index contributed by atoms with van der Waals surface area (Å²) in [7, 11) is 0. The van der Waals surface area contributed by atoms with Gasteiger partial charge < -0.3 is 24.3 Å². The zero-order chi connectivity index (χ0) is 23.8. The van der Waals surface area contributed by atoms with E-state index >= 15 is 0 Å². The lowest BCUT2D eigenvalue weighted by Crippen LogP contribution is -2.35. The standard InChI is InChI=1S/C25H33FN4O4/c1-18(16-33-23-7-2-3-12-32-23)17-34-29-21-8-10-30(11-9-21)25-27-13-20(14-28-25)22-6-4-5-19(15-31)24(22)26/h4-6,13-14,18,23,31H,2-3,7-12,15-17H2,1H3. The Kier molecular flexibility index (Phi) is 8.79. The van der Waals surface area contributed by atoms with Crippen LogP contribution in [0.1, 0.15) is 44.6 Å². The van der Waals surface area contributed by atoms with Gasteiger partial charge in [0.25, 0.3) is 0 Å². The minimum Gasteiger partial charge on any atom is -0.395 e. The summed E-state index contributed by atoms with van der Waals surface area (Å²) in [6, 6.07) is 4.93. The van der Waals surface area contributed by atoms with E-state index in [9.17, 15) is 9.50 Å². The first-order chi connectivity index (χ1) is 16.6. The highest BCUT2D eigenvalue weighted by atomic mass is 19.1. The summed E-state index contributed by atoms with van der Waals surface area (Å²) >= 11 is 0. The van der Waals surface area contributed by atoms with Crippen molar-refractivity contribution in [3.8, 4) is 11.1 Å². The first-order valence-corrected chi connectivity index (χ1v) is 12.0. The third kappa shape index (κ3) is 6.49. The van der Waals surface area contributed by atoms with Crippen molar-refractivity contribution in [1.29, 1.82) is 0 Å². The van der Waals surface area contributed by atoms with Gasteiger partial charge in [-0.1, -0.05) is 30.3 Å². The monoisotopic (exact) mass is 472 g/mol. The van der Waals surface area contributed by atoms with Gasteiger partial charge in [-0.15, -0.1) is 0 Å². The van der Waals surface area contributed by atoms with Gasteiger partial charge in [-0.2, -0.15) is 0 Å². The zero-order valence-corrected chi connectivity index (χ0v) is 19.7. The molecule has 1 aromatic heterocycles. The second-order valence-electron chi connectivity index (χ2n) is 8.88. The second-order valence-corrected chi connectivity index (χ2v) is 8.88. The predicted octanol–water partition coefficient (Wildman–Crippen LogP) is 3.93. The van der Waals surface area contributed by atoms with Crippen LogP contribution in [0.5, 0.6) is 0 Å². The summed E-state index contributed by atoms with van der Waals surface area (Å²) in [4.78, 5) is 16.5. The number of hydrogen-bond donors (Lipinski definition) is 1. The number of aliphatic hydroxyl groups is 1. The Morgan fingerprint density at radius 1 is 1.21 bits per heavy atom. The maximum atomic E-state index is 14.5. The molecule has 8 nitrogen and oxygen atoms in total. The smallest absolute Gasteiger partial charge is 0.225 e. The van der Waals surface area contributed by atoms with E-state index in [2.05, 4.69) is 26.9 Å². The molecule has 0 amide bonds. The van der Waals surface area contributed by atoms with Gasteiger partial charge in [0.05, 0.1) is 18.9 Å². The van der Waals surface area contributed by atoms with Crippen LogP contribution in [0.4, 0.5) is 10.3 Å². The van der Waals surface area contributed by atoms with Gasteiger partial charge in [-0.3, -0.25) is 0 Å². The van der Waals surface area contributed by atoms with E-state index in [1.54, 1.807) is 30.6 Å². The molecule has 1 aromatic carbocycles. The molecular weight excluding hydrogens is 439 g/mol. The second kappa shape index (κ2) is 12.2. The van der Waals surface area contributed by atoms with Gasteiger partial charge in [-0.05, 0) is 19.3 Å². The van der Waals surface area contributed by atoms with Crippen LogP contribution in [0.2, 0.25) is 0 Å². The fraction of sp³-hybridized carbons (Fsp3) is 0.560. The van der Waals surface area contributed by atoms with E-state index in [1.165, 1.54) is 0 Å². The fourth-order valence-corrected chi connectivity index (χ4v) is 4.02. The van der Waals surface area contributed by atoms with E-state index in [-0.39, 0.29) is 24.4 Å². The maximum Gasteiger partial charge on any atom is 0.225 e. The van der Waals surface area contributed by atoms with Crippen molar-refractivity contribution in [2.75, 3.05) is 37.8 Å². The van der Waals surface area contributed by atoms with Crippen molar-refractivity contribution in [3.05, 3.63) is 42.0 Å². The molecule has 2 fully saturated rings. The van der Waals surface area contributed by atoms with Crippen LogP contribution in [-0.4, -0.2) is 60.0 Å². The molecule has 3 heterocycles. The molecule has 184 valence electrons. The summed E-state index contributed by atoms with van der Waals surface area (Å²) in [5.74, 6) is 0.409. The van der Waals surface area contributed by atoms with Gasteiger partial charge >= 0.3 is 0 Å². The average Bonchev–Trinajstić information content (AvgIpc) is 2.89. The van der Waals surface area contributed by atoms with Gasteiger partial charge in [0, 0.05) is 67.5 Å². The largest absolute Gasteiger partial charge is 0.395 e. The predicted molar refractivity (Wildman–Crippen MR) is 127 cm³/mol. The molecule has 2 aromatic rings. The summed E-state index contributed by atoms with van der Waals surface area (Å²) in [5.41, 5.74) is 2.25. The zero-order valence-electron chi connectivity index (χ0n) is 19.7. The molecule has 4 rings (SSSR count). The number of oxime groups is 1. The number of aromatic nitrogens is 2. The van der Waals surface area contributed by atoms with Gasteiger partial charge in [0.1, 0.15) is 12.4 Å². The van der Waals surface area contributed by atoms with Crippen LogP contribution in [0.15, 0.2) is 35.7 Å². The highest BCUT2D eigenvalue weighted by Crippen LogP contribution is 2.25. The van der Waals surface area contributed by atoms with Crippen molar-refractivity contribution in [2.45, 2.75) is 51.9 Å². The van der Waals surface area contributed by atoms with E-state index < -0.39 is 5.82 Å². The number of halogens is 1. The third-order valence-electron chi connectivity index (χ3n) is 6.08. The van der Waals surface area contributed by atoms with Crippen molar-refractivity contribution in [1.82, 2.24) is 9.97 Å². The van der Waals surface area contributed by atoms with E-state index in [0.29, 0.717) is 30.3 Å². The Morgan fingerprint density at radius 2 is 2.00 bits per heavy atom. The molecule has 0 spiro atoms. The molecule has 0 radical (unpaired) electrons. The Morgan fingerprint density at radius 3 is 2.71 bits per heavy atom. The molecule has 9 heteroatoms.